The minimum Gasteiger partial charge on any atom is -0.493 e. The van der Waals surface area contributed by atoms with E-state index >= 15 is 0 Å². The van der Waals surface area contributed by atoms with Gasteiger partial charge in [-0.2, -0.15) is 0 Å². The molecule has 0 radical (unpaired) electrons. The number of aliphatic hydroxyl groups is 1. The van der Waals surface area contributed by atoms with E-state index in [4.69, 9.17) is 9.15 Å². The van der Waals surface area contributed by atoms with Gasteiger partial charge in [-0.1, -0.05) is 56.0 Å². The van der Waals surface area contributed by atoms with Crippen LogP contribution in [0.1, 0.15) is 51.4 Å². The zero-order valence-electron chi connectivity index (χ0n) is 19.8. The Morgan fingerprint density at radius 2 is 1.62 bits per heavy atom. The van der Waals surface area contributed by atoms with Gasteiger partial charge in [0.05, 0.1) is 18.1 Å². The average molecular weight is 486 g/mol. The highest BCUT2D eigenvalue weighted by molar-refractivity contribution is 5.85. The summed E-state index contributed by atoms with van der Waals surface area (Å²) in [4.78, 5) is 15.0. The molecule has 4 rings (SSSR count). The van der Waals surface area contributed by atoms with Crippen LogP contribution in [0, 0.1) is 0 Å². The molecule has 1 aliphatic rings. The summed E-state index contributed by atoms with van der Waals surface area (Å²) in [5.41, 5.74) is 1.40. The van der Waals surface area contributed by atoms with Crippen molar-refractivity contribution in [2.45, 2.75) is 57.5 Å². The van der Waals surface area contributed by atoms with E-state index in [0.717, 1.165) is 50.1 Å². The molecule has 1 N–H and O–H groups in total. The number of rotatable bonds is 11. The lowest BCUT2D eigenvalue weighted by Crippen LogP contribution is -2.36. The zero-order valence-corrected chi connectivity index (χ0v) is 20.6. The molecular formula is C28H36ClNO4. The Kier molecular flexibility index (Phi) is 10.4. The molecule has 6 heteroatoms. The minimum absolute atomic E-state index is 0. The van der Waals surface area contributed by atoms with Crippen LogP contribution in [0.2, 0.25) is 0 Å². The summed E-state index contributed by atoms with van der Waals surface area (Å²) in [5.74, 6) is 1.31. The van der Waals surface area contributed by atoms with Gasteiger partial charge in [-0.3, -0.25) is 4.79 Å². The number of ether oxygens (including phenoxy) is 1. The predicted molar refractivity (Wildman–Crippen MR) is 140 cm³/mol. The normalized spacial score (nSPS) is 14.7. The number of unbranched alkanes of at least 4 members (excludes halogenated alkanes) is 5. The second-order valence-corrected chi connectivity index (χ2v) is 9.04. The lowest BCUT2D eigenvalue weighted by molar-refractivity contribution is 0.0817. The van der Waals surface area contributed by atoms with Crippen molar-refractivity contribution in [1.29, 1.82) is 0 Å². The van der Waals surface area contributed by atoms with Crippen molar-refractivity contribution in [2.75, 3.05) is 26.2 Å². The van der Waals surface area contributed by atoms with Gasteiger partial charge in [0.1, 0.15) is 17.1 Å². The van der Waals surface area contributed by atoms with Crippen molar-refractivity contribution in [2.24, 2.45) is 0 Å². The molecule has 0 spiro atoms. The van der Waals surface area contributed by atoms with E-state index in [1.54, 1.807) is 12.1 Å². The van der Waals surface area contributed by atoms with Gasteiger partial charge in [0.2, 0.25) is 0 Å². The van der Waals surface area contributed by atoms with Crippen LogP contribution >= 0.6 is 12.4 Å². The predicted octanol–water partition coefficient (Wildman–Crippen LogP) is 6.06. The minimum atomic E-state index is -0.0802. The van der Waals surface area contributed by atoms with Crippen LogP contribution in [-0.2, 0) is 0 Å². The highest BCUT2D eigenvalue weighted by Crippen LogP contribution is 2.25. The third-order valence-electron chi connectivity index (χ3n) is 6.45. The third kappa shape index (κ3) is 7.59. The number of hydrogen-bond acceptors (Lipinski definition) is 5. The van der Waals surface area contributed by atoms with E-state index in [9.17, 15) is 9.90 Å². The maximum atomic E-state index is 12.5. The number of fused-ring (bicyclic) bond motifs is 1. The van der Waals surface area contributed by atoms with E-state index in [-0.39, 0.29) is 23.9 Å². The lowest BCUT2D eigenvalue weighted by Gasteiger charge is -2.29. The number of halogens is 1. The number of hydrogen-bond donors (Lipinski definition) is 1. The summed E-state index contributed by atoms with van der Waals surface area (Å²) in [6, 6.07) is 16.7. The summed E-state index contributed by atoms with van der Waals surface area (Å²) in [7, 11) is 0. The van der Waals surface area contributed by atoms with Gasteiger partial charge in [0, 0.05) is 30.8 Å². The first-order valence-electron chi connectivity index (χ1n) is 12.4. The maximum absolute atomic E-state index is 12.5. The van der Waals surface area contributed by atoms with Crippen molar-refractivity contribution in [3.8, 4) is 17.1 Å². The Morgan fingerprint density at radius 1 is 0.912 bits per heavy atom. The third-order valence-corrected chi connectivity index (χ3v) is 6.45. The molecule has 5 nitrogen and oxygen atoms in total. The standard InChI is InChI=1S/C28H35NO4.ClH/c30-23-14-17-29(18-15-23)16-8-3-1-2-4-9-19-32-24-12-13-25-26(31)21-27(33-28(25)20-24)22-10-6-5-7-11-22;/h5-7,10-13,20-21,23,30H,1-4,8-9,14-19H2;1H. The molecule has 34 heavy (non-hydrogen) atoms. The Labute approximate surface area is 208 Å². The highest BCUT2D eigenvalue weighted by atomic mass is 35.5. The van der Waals surface area contributed by atoms with Gasteiger partial charge in [-0.15, -0.1) is 12.4 Å². The molecule has 184 valence electrons. The van der Waals surface area contributed by atoms with Crippen LogP contribution in [0.25, 0.3) is 22.3 Å². The second kappa shape index (κ2) is 13.5. The summed E-state index contributed by atoms with van der Waals surface area (Å²) in [6.45, 7) is 3.93. The number of aliphatic hydroxyl groups excluding tert-OH is 1. The average Bonchev–Trinajstić information content (AvgIpc) is 2.84. The molecule has 1 saturated heterocycles. The second-order valence-electron chi connectivity index (χ2n) is 9.04. The number of benzene rings is 2. The van der Waals surface area contributed by atoms with Gasteiger partial charge in [0.25, 0.3) is 0 Å². The fourth-order valence-electron chi connectivity index (χ4n) is 4.45. The first-order chi connectivity index (χ1) is 16.2. The van der Waals surface area contributed by atoms with Gasteiger partial charge >= 0.3 is 0 Å². The van der Waals surface area contributed by atoms with Crippen molar-refractivity contribution < 1.29 is 14.3 Å². The van der Waals surface area contributed by atoms with Crippen LogP contribution in [-0.4, -0.2) is 42.4 Å². The highest BCUT2D eigenvalue weighted by Gasteiger charge is 2.15. The molecule has 1 aliphatic heterocycles. The first kappa shape index (κ1) is 26.3. The largest absolute Gasteiger partial charge is 0.493 e. The quantitative estimate of drug-likeness (QED) is 0.334. The van der Waals surface area contributed by atoms with Gasteiger partial charge < -0.3 is 19.2 Å². The van der Waals surface area contributed by atoms with E-state index < -0.39 is 0 Å². The zero-order chi connectivity index (χ0) is 22.9. The SMILES string of the molecule is Cl.O=c1cc(-c2ccccc2)oc2cc(OCCCCCCCCN3CCC(O)CC3)ccc12. The Balaban J connectivity index is 0.00000324. The Hall–Kier alpha value is -2.34. The molecular weight excluding hydrogens is 450 g/mol. The van der Waals surface area contributed by atoms with Crippen LogP contribution < -0.4 is 10.2 Å². The number of likely N-dealkylation sites (tertiary alicyclic amines) is 1. The molecule has 1 aromatic heterocycles. The van der Waals surface area contributed by atoms with Gasteiger partial charge in [0.15, 0.2) is 5.43 Å². The fraction of sp³-hybridized carbons (Fsp3) is 0.464. The summed E-state index contributed by atoms with van der Waals surface area (Å²) >= 11 is 0. The van der Waals surface area contributed by atoms with E-state index in [0.29, 0.717) is 23.3 Å². The molecule has 3 aromatic rings. The number of nitrogens with zero attached hydrogens (tertiary/aromatic N) is 1. The van der Waals surface area contributed by atoms with Gasteiger partial charge in [-0.05, 0) is 44.4 Å². The van der Waals surface area contributed by atoms with Crippen molar-refractivity contribution in [3.05, 3.63) is 64.8 Å². The monoisotopic (exact) mass is 485 g/mol. The Bertz CT molecular complexity index is 1060. The van der Waals surface area contributed by atoms with Gasteiger partial charge in [-0.25, -0.2) is 0 Å². The first-order valence-corrected chi connectivity index (χ1v) is 12.4. The van der Waals surface area contributed by atoms with Crippen LogP contribution in [0.4, 0.5) is 0 Å². The molecule has 2 aromatic carbocycles. The topological polar surface area (TPSA) is 62.9 Å². The van der Waals surface area contributed by atoms with Crippen LogP contribution in [0.3, 0.4) is 0 Å². The fourth-order valence-corrected chi connectivity index (χ4v) is 4.45. The molecule has 2 heterocycles. The molecule has 0 amide bonds. The van der Waals surface area contributed by atoms with Crippen LogP contribution in [0.5, 0.6) is 5.75 Å². The van der Waals surface area contributed by atoms with Crippen LogP contribution in [0.15, 0.2) is 63.8 Å². The molecule has 0 aliphatic carbocycles. The maximum Gasteiger partial charge on any atom is 0.193 e. The van der Waals surface area contributed by atoms with E-state index in [1.807, 2.05) is 42.5 Å². The summed E-state index contributed by atoms with van der Waals surface area (Å²) in [6.07, 6.45) is 8.98. The Morgan fingerprint density at radius 3 is 2.38 bits per heavy atom. The lowest BCUT2D eigenvalue weighted by atomic mass is 10.1. The van der Waals surface area contributed by atoms with Crippen molar-refractivity contribution in [1.82, 2.24) is 4.90 Å². The summed E-state index contributed by atoms with van der Waals surface area (Å²) < 4.78 is 11.9. The smallest absolute Gasteiger partial charge is 0.193 e. The molecule has 1 fully saturated rings. The molecule has 0 unspecified atom stereocenters. The van der Waals surface area contributed by atoms with Crippen molar-refractivity contribution in [3.63, 3.8) is 0 Å². The number of piperidine rings is 1. The summed E-state index contributed by atoms with van der Waals surface area (Å²) in [5, 5.41) is 10.1. The van der Waals surface area contributed by atoms with Crippen molar-refractivity contribution >= 4 is 23.4 Å². The molecule has 0 atom stereocenters. The molecule has 0 saturated carbocycles. The molecule has 0 bridgehead atoms. The van der Waals surface area contributed by atoms with E-state index in [1.165, 1.54) is 32.2 Å². The van der Waals surface area contributed by atoms with E-state index in [2.05, 4.69) is 4.90 Å².